The second-order valence-corrected chi connectivity index (χ2v) is 10.2. The van der Waals surface area contributed by atoms with Crippen LogP contribution in [-0.4, -0.2) is 11.8 Å². The molecule has 0 spiro atoms. The topological polar surface area (TPSA) is 20.3 Å². The molecule has 3 aromatic carbocycles. The quantitative estimate of drug-likeness (QED) is 0.263. The van der Waals surface area contributed by atoms with E-state index in [2.05, 4.69) is 94.2 Å². The van der Waals surface area contributed by atoms with Gasteiger partial charge >= 0.3 is 0 Å². The van der Waals surface area contributed by atoms with Gasteiger partial charge in [-0.1, -0.05) is 36.8 Å². The Balaban J connectivity index is 1.38. The van der Waals surface area contributed by atoms with Gasteiger partial charge < -0.3 is 4.90 Å². The van der Waals surface area contributed by atoms with E-state index in [-0.39, 0.29) is 5.78 Å². The minimum absolute atomic E-state index is 0.199. The molecule has 3 aliphatic rings. The maximum atomic E-state index is 13.1. The van der Waals surface area contributed by atoms with Crippen LogP contribution in [0.15, 0.2) is 72.3 Å². The number of Topliss-reactive ketones (excluding diaryl/α,β-unsaturated/α-hetero) is 1. The standard InChI is InChI=1S/C28H24INO/c29-21-13-12-19-10-11-20(28(31)24(19)17-21)15-18-9-14-27-25(16-18)23-7-4-8-26(23)30(27)22-5-2-1-3-6-22/h1-3,5-6,9,12-17,23,26H,4,7-8,10-11H2/b20-15+. The van der Waals surface area contributed by atoms with Gasteiger partial charge in [0.05, 0.1) is 0 Å². The van der Waals surface area contributed by atoms with Crippen molar-refractivity contribution in [2.75, 3.05) is 4.90 Å². The fraction of sp³-hybridized carbons (Fsp3) is 0.250. The van der Waals surface area contributed by atoms with Gasteiger partial charge in [0.15, 0.2) is 5.78 Å². The first-order chi connectivity index (χ1) is 15.2. The molecule has 0 radical (unpaired) electrons. The lowest BCUT2D eigenvalue weighted by molar-refractivity contribution is 0.102. The Kier molecular flexibility index (Phi) is 4.75. The summed E-state index contributed by atoms with van der Waals surface area (Å²) in [4.78, 5) is 15.7. The average molecular weight is 517 g/mol. The van der Waals surface area contributed by atoms with Crippen LogP contribution < -0.4 is 4.90 Å². The number of carbonyl (C=O) groups excluding carboxylic acids is 1. The molecule has 31 heavy (non-hydrogen) atoms. The van der Waals surface area contributed by atoms with Crippen molar-refractivity contribution in [3.8, 4) is 0 Å². The summed E-state index contributed by atoms with van der Waals surface area (Å²) in [6.07, 6.45) is 7.70. The van der Waals surface area contributed by atoms with Crippen LogP contribution in [0.3, 0.4) is 0 Å². The highest BCUT2D eigenvalue weighted by molar-refractivity contribution is 14.1. The van der Waals surface area contributed by atoms with Crippen molar-refractivity contribution < 1.29 is 4.79 Å². The van der Waals surface area contributed by atoms with E-state index >= 15 is 0 Å². The van der Waals surface area contributed by atoms with Crippen LogP contribution in [0.5, 0.6) is 0 Å². The minimum Gasteiger partial charge on any atom is -0.338 e. The number of anilines is 2. The van der Waals surface area contributed by atoms with Gasteiger partial charge in [0.2, 0.25) is 0 Å². The first kappa shape index (κ1) is 19.3. The third-order valence-corrected chi connectivity index (χ3v) is 7.84. The Hall–Kier alpha value is -2.40. The van der Waals surface area contributed by atoms with Crippen LogP contribution in [0.2, 0.25) is 0 Å². The maximum absolute atomic E-state index is 13.1. The molecule has 0 bridgehead atoms. The van der Waals surface area contributed by atoms with Crippen molar-refractivity contribution in [1.82, 2.24) is 0 Å². The fourth-order valence-corrected chi connectivity index (χ4v) is 6.25. The van der Waals surface area contributed by atoms with E-state index in [1.54, 1.807) is 0 Å². The molecule has 3 heteroatoms. The number of ketones is 1. The lowest BCUT2D eigenvalue weighted by atomic mass is 9.86. The fourth-order valence-electron chi connectivity index (χ4n) is 5.76. The zero-order chi connectivity index (χ0) is 20.9. The third kappa shape index (κ3) is 3.25. The zero-order valence-corrected chi connectivity index (χ0v) is 19.5. The number of halogens is 1. The van der Waals surface area contributed by atoms with Crippen LogP contribution in [0.25, 0.3) is 6.08 Å². The number of benzene rings is 3. The van der Waals surface area contributed by atoms with Crippen molar-refractivity contribution in [2.45, 2.75) is 44.1 Å². The van der Waals surface area contributed by atoms with Gasteiger partial charge in [0.25, 0.3) is 0 Å². The van der Waals surface area contributed by atoms with Crippen LogP contribution in [0.1, 0.15) is 58.6 Å². The van der Waals surface area contributed by atoms with Gasteiger partial charge in [-0.3, -0.25) is 4.79 Å². The van der Waals surface area contributed by atoms with Crippen LogP contribution >= 0.6 is 22.6 Å². The van der Waals surface area contributed by atoms with E-state index < -0.39 is 0 Å². The molecule has 2 atom stereocenters. The second-order valence-electron chi connectivity index (χ2n) is 8.93. The van der Waals surface area contributed by atoms with Crippen molar-refractivity contribution in [1.29, 1.82) is 0 Å². The van der Waals surface area contributed by atoms with Gasteiger partial charge in [-0.15, -0.1) is 0 Å². The van der Waals surface area contributed by atoms with Gasteiger partial charge in [0.1, 0.15) is 0 Å². The highest BCUT2D eigenvalue weighted by Gasteiger charge is 2.42. The summed E-state index contributed by atoms with van der Waals surface area (Å²) >= 11 is 2.29. The Morgan fingerprint density at radius 2 is 1.81 bits per heavy atom. The lowest BCUT2D eigenvalue weighted by Crippen LogP contribution is -2.26. The number of nitrogens with zero attached hydrogens (tertiary/aromatic N) is 1. The zero-order valence-electron chi connectivity index (χ0n) is 17.4. The van der Waals surface area contributed by atoms with Crippen molar-refractivity contribution in [3.05, 3.63) is 98.1 Å². The number of allylic oxidation sites excluding steroid dienone is 1. The number of para-hydroxylation sites is 1. The number of hydrogen-bond acceptors (Lipinski definition) is 2. The SMILES string of the molecule is O=C1/C(=C/c2ccc3c(c2)C2CCCC2N3c2ccccc2)CCc2ccc(I)cc21. The molecular formula is C28H24INO. The Morgan fingerprint density at radius 1 is 0.935 bits per heavy atom. The number of rotatable bonds is 2. The third-order valence-electron chi connectivity index (χ3n) is 7.17. The van der Waals surface area contributed by atoms with Gasteiger partial charge in [-0.2, -0.15) is 0 Å². The average Bonchev–Trinajstić information content (AvgIpc) is 3.37. The smallest absolute Gasteiger partial charge is 0.189 e. The van der Waals surface area contributed by atoms with Gasteiger partial charge in [0, 0.05) is 38.0 Å². The maximum Gasteiger partial charge on any atom is 0.189 e. The van der Waals surface area contributed by atoms with Gasteiger partial charge in [-0.25, -0.2) is 0 Å². The molecule has 0 amide bonds. The summed E-state index contributed by atoms with van der Waals surface area (Å²) in [5.74, 6) is 0.794. The predicted octanol–water partition coefficient (Wildman–Crippen LogP) is 7.29. The van der Waals surface area contributed by atoms with Crippen molar-refractivity contribution >= 4 is 45.8 Å². The summed E-state index contributed by atoms with van der Waals surface area (Å²) in [6.45, 7) is 0. The van der Waals surface area contributed by atoms with E-state index in [1.165, 1.54) is 41.8 Å². The Morgan fingerprint density at radius 3 is 2.68 bits per heavy atom. The lowest BCUT2D eigenvalue weighted by Gasteiger charge is -2.27. The molecule has 2 unspecified atom stereocenters. The molecule has 1 heterocycles. The van der Waals surface area contributed by atoms with Crippen LogP contribution in [-0.2, 0) is 6.42 Å². The molecule has 0 saturated heterocycles. The van der Waals surface area contributed by atoms with E-state index in [0.29, 0.717) is 12.0 Å². The highest BCUT2D eigenvalue weighted by Crippen LogP contribution is 2.52. The summed E-state index contributed by atoms with van der Waals surface area (Å²) in [7, 11) is 0. The summed E-state index contributed by atoms with van der Waals surface area (Å²) < 4.78 is 1.12. The number of carbonyl (C=O) groups is 1. The molecule has 2 aliphatic carbocycles. The molecule has 2 nitrogen and oxygen atoms in total. The number of aryl methyl sites for hydroxylation is 1. The molecular weight excluding hydrogens is 493 g/mol. The van der Waals surface area contributed by atoms with Crippen LogP contribution in [0.4, 0.5) is 11.4 Å². The Labute approximate surface area is 197 Å². The molecule has 1 aliphatic heterocycles. The Bertz CT molecular complexity index is 1210. The van der Waals surface area contributed by atoms with E-state index in [1.807, 2.05) is 6.07 Å². The normalized spacial score (nSPS) is 23.1. The van der Waals surface area contributed by atoms with E-state index in [4.69, 9.17) is 0 Å². The second kappa shape index (κ2) is 7.63. The summed E-state index contributed by atoms with van der Waals surface area (Å²) in [6, 6.07) is 24.4. The molecule has 0 N–H and O–H groups in total. The number of fused-ring (bicyclic) bond motifs is 4. The first-order valence-corrected chi connectivity index (χ1v) is 12.3. The minimum atomic E-state index is 0.199. The molecule has 1 saturated carbocycles. The molecule has 1 fully saturated rings. The van der Waals surface area contributed by atoms with Gasteiger partial charge in [-0.05, 0) is 107 Å². The van der Waals surface area contributed by atoms with Crippen molar-refractivity contribution in [2.24, 2.45) is 0 Å². The molecule has 154 valence electrons. The molecule has 0 aromatic heterocycles. The molecule has 6 rings (SSSR count). The van der Waals surface area contributed by atoms with E-state index in [9.17, 15) is 4.79 Å². The summed E-state index contributed by atoms with van der Waals surface area (Å²) in [5, 5.41) is 0. The van der Waals surface area contributed by atoms with Crippen LogP contribution in [0, 0.1) is 3.57 Å². The molecule has 3 aromatic rings. The first-order valence-electron chi connectivity index (χ1n) is 11.2. The summed E-state index contributed by atoms with van der Waals surface area (Å²) in [5.41, 5.74) is 8.27. The monoisotopic (exact) mass is 517 g/mol. The highest BCUT2D eigenvalue weighted by atomic mass is 127. The predicted molar refractivity (Wildman–Crippen MR) is 135 cm³/mol. The largest absolute Gasteiger partial charge is 0.338 e. The van der Waals surface area contributed by atoms with Crippen molar-refractivity contribution in [3.63, 3.8) is 0 Å². The number of hydrogen-bond donors (Lipinski definition) is 0. The van der Waals surface area contributed by atoms with E-state index in [0.717, 1.165) is 33.1 Å².